The quantitative estimate of drug-likeness (QED) is 0.830. The van der Waals surface area contributed by atoms with Crippen molar-refractivity contribution in [3.63, 3.8) is 0 Å². The van der Waals surface area contributed by atoms with Gasteiger partial charge in [0, 0.05) is 36.6 Å². The Labute approximate surface area is 109 Å². The average molecular weight is 246 g/mol. The minimum atomic E-state index is 0.521. The molecule has 2 N–H and O–H groups in total. The van der Waals surface area contributed by atoms with E-state index in [1.165, 1.54) is 36.9 Å². The first kappa shape index (κ1) is 11.8. The number of fused-ring (bicyclic) bond motifs is 1. The summed E-state index contributed by atoms with van der Waals surface area (Å²) in [6.07, 6.45) is 6.54. The third kappa shape index (κ3) is 2.32. The summed E-state index contributed by atoms with van der Waals surface area (Å²) in [5, 5.41) is 0. The minimum Gasteiger partial charge on any atom is -0.398 e. The molecule has 98 valence electrons. The van der Waals surface area contributed by atoms with E-state index in [4.69, 9.17) is 10.5 Å². The van der Waals surface area contributed by atoms with Crippen LogP contribution in [0.4, 0.5) is 11.4 Å². The van der Waals surface area contributed by atoms with Gasteiger partial charge in [0.05, 0.1) is 6.10 Å². The number of hydrogen-bond donors (Lipinski definition) is 1. The van der Waals surface area contributed by atoms with E-state index < -0.39 is 0 Å². The van der Waals surface area contributed by atoms with Crippen molar-refractivity contribution < 1.29 is 4.74 Å². The highest BCUT2D eigenvalue weighted by Gasteiger charge is 2.21. The molecule has 0 aliphatic carbocycles. The molecule has 2 aliphatic rings. The first-order valence-electron chi connectivity index (χ1n) is 7.08. The summed E-state index contributed by atoms with van der Waals surface area (Å²) >= 11 is 0. The van der Waals surface area contributed by atoms with Crippen LogP contribution in [0.1, 0.15) is 31.2 Å². The second-order valence-electron chi connectivity index (χ2n) is 5.36. The van der Waals surface area contributed by atoms with Crippen molar-refractivity contribution in [2.24, 2.45) is 0 Å². The normalized spacial score (nSPS) is 22.4. The fourth-order valence-corrected chi connectivity index (χ4v) is 3.14. The van der Waals surface area contributed by atoms with E-state index in [9.17, 15) is 0 Å². The summed E-state index contributed by atoms with van der Waals surface area (Å²) < 4.78 is 5.67. The molecule has 3 rings (SSSR count). The summed E-state index contributed by atoms with van der Waals surface area (Å²) in [5.41, 5.74) is 9.66. The van der Waals surface area contributed by atoms with E-state index in [0.717, 1.165) is 31.8 Å². The summed E-state index contributed by atoms with van der Waals surface area (Å²) in [4.78, 5) is 2.47. The lowest BCUT2D eigenvalue weighted by atomic mass is 10.1. The zero-order chi connectivity index (χ0) is 12.4. The van der Waals surface area contributed by atoms with Crippen LogP contribution in [0.5, 0.6) is 0 Å². The number of benzene rings is 1. The van der Waals surface area contributed by atoms with Gasteiger partial charge in [-0.15, -0.1) is 0 Å². The molecular weight excluding hydrogens is 224 g/mol. The van der Waals surface area contributed by atoms with E-state index in [0.29, 0.717) is 6.10 Å². The van der Waals surface area contributed by atoms with Crippen LogP contribution in [-0.2, 0) is 11.2 Å². The molecule has 1 atom stereocenters. The molecule has 1 aromatic carbocycles. The Kier molecular flexibility index (Phi) is 3.41. The molecule has 2 heterocycles. The fraction of sp³-hybridized carbons (Fsp3) is 0.600. The van der Waals surface area contributed by atoms with Crippen molar-refractivity contribution in [3.8, 4) is 0 Å². The summed E-state index contributed by atoms with van der Waals surface area (Å²) in [5.74, 6) is 0. The molecular formula is C15H22N2O. The molecule has 0 aromatic heterocycles. The van der Waals surface area contributed by atoms with E-state index in [2.05, 4.69) is 17.0 Å². The second-order valence-corrected chi connectivity index (χ2v) is 5.36. The maximum absolute atomic E-state index is 6.02. The molecule has 1 unspecified atom stereocenters. The summed E-state index contributed by atoms with van der Waals surface area (Å²) in [6, 6.07) is 6.27. The summed E-state index contributed by atoms with van der Waals surface area (Å²) in [6.45, 7) is 3.22. The predicted octanol–water partition coefficient (Wildman–Crippen LogP) is 2.59. The molecule has 0 saturated carbocycles. The number of hydrogen-bond acceptors (Lipinski definition) is 3. The molecule has 0 amide bonds. The van der Waals surface area contributed by atoms with Gasteiger partial charge in [0.25, 0.3) is 0 Å². The van der Waals surface area contributed by atoms with Crippen LogP contribution < -0.4 is 10.6 Å². The highest BCUT2D eigenvalue weighted by Crippen LogP contribution is 2.32. The Morgan fingerprint density at radius 2 is 2.33 bits per heavy atom. The number of rotatable bonds is 4. The van der Waals surface area contributed by atoms with Gasteiger partial charge in [-0.25, -0.2) is 0 Å². The van der Waals surface area contributed by atoms with Crippen molar-refractivity contribution in [1.82, 2.24) is 0 Å². The fourth-order valence-electron chi connectivity index (χ4n) is 3.14. The number of nitrogens with zero attached hydrogens (tertiary/aromatic N) is 1. The molecule has 3 nitrogen and oxygen atoms in total. The molecule has 0 spiro atoms. The van der Waals surface area contributed by atoms with Crippen molar-refractivity contribution in [1.29, 1.82) is 0 Å². The Balaban J connectivity index is 1.54. The van der Waals surface area contributed by atoms with Gasteiger partial charge in [-0.1, -0.05) is 6.07 Å². The van der Waals surface area contributed by atoms with Crippen LogP contribution >= 0.6 is 0 Å². The van der Waals surface area contributed by atoms with Crippen molar-refractivity contribution >= 4 is 11.4 Å². The molecule has 18 heavy (non-hydrogen) atoms. The lowest BCUT2D eigenvalue weighted by molar-refractivity contribution is 0.103. The van der Waals surface area contributed by atoms with Crippen LogP contribution in [0.15, 0.2) is 18.2 Å². The van der Waals surface area contributed by atoms with Crippen LogP contribution in [0.25, 0.3) is 0 Å². The van der Waals surface area contributed by atoms with E-state index in [1.807, 2.05) is 6.07 Å². The van der Waals surface area contributed by atoms with E-state index in [-0.39, 0.29) is 0 Å². The van der Waals surface area contributed by atoms with Crippen molar-refractivity contribution in [2.45, 2.75) is 38.2 Å². The molecule has 0 bridgehead atoms. The van der Waals surface area contributed by atoms with Crippen molar-refractivity contribution in [2.75, 3.05) is 30.3 Å². The molecule has 3 heteroatoms. The lowest BCUT2D eigenvalue weighted by Gasteiger charge is -2.20. The Bertz CT molecular complexity index is 413. The molecule has 2 aliphatic heterocycles. The van der Waals surface area contributed by atoms with Gasteiger partial charge in [0.15, 0.2) is 0 Å². The lowest BCUT2D eigenvalue weighted by Crippen LogP contribution is -2.22. The van der Waals surface area contributed by atoms with Crippen LogP contribution in [-0.4, -0.2) is 25.8 Å². The highest BCUT2D eigenvalue weighted by atomic mass is 16.5. The molecule has 1 aromatic rings. The highest BCUT2D eigenvalue weighted by molar-refractivity contribution is 5.68. The van der Waals surface area contributed by atoms with Gasteiger partial charge in [0.2, 0.25) is 0 Å². The van der Waals surface area contributed by atoms with Gasteiger partial charge in [-0.05, 0) is 44.2 Å². The second kappa shape index (κ2) is 5.19. The van der Waals surface area contributed by atoms with E-state index >= 15 is 0 Å². The SMILES string of the molecule is Nc1cccc2c1CCN2CCCC1CCCO1. The summed E-state index contributed by atoms with van der Waals surface area (Å²) in [7, 11) is 0. The molecule has 1 saturated heterocycles. The third-order valence-electron chi connectivity index (χ3n) is 4.14. The number of nitrogens with two attached hydrogens (primary N) is 1. The van der Waals surface area contributed by atoms with Gasteiger partial charge in [-0.3, -0.25) is 0 Å². The van der Waals surface area contributed by atoms with Gasteiger partial charge >= 0.3 is 0 Å². The first-order chi connectivity index (χ1) is 8.84. The average Bonchev–Trinajstić information content (AvgIpc) is 3.00. The maximum Gasteiger partial charge on any atom is 0.0576 e. The number of nitrogen functional groups attached to an aromatic ring is 1. The Morgan fingerprint density at radius 3 is 3.17 bits per heavy atom. The largest absolute Gasteiger partial charge is 0.398 e. The van der Waals surface area contributed by atoms with Crippen LogP contribution in [0.3, 0.4) is 0 Å². The van der Waals surface area contributed by atoms with Crippen LogP contribution in [0, 0.1) is 0 Å². The predicted molar refractivity (Wildman–Crippen MR) is 75.0 cm³/mol. The minimum absolute atomic E-state index is 0.521. The Morgan fingerprint density at radius 1 is 1.39 bits per heavy atom. The standard InChI is InChI=1S/C15H22N2O/c16-14-6-1-7-15-13(14)8-10-17(15)9-2-4-12-5-3-11-18-12/h1,6-7,12H,2-5,8-11,16H2. The van der Waals surface area contributed by atoms with Crippen LogP contribution in [0.2, 0.25) is 0 Å². The van der Waals surface area contributed by atoms with Gasteiger partial charge in [0.1, 0.15) is 0 Å². The third-order valence-corrected chi connectivity index (χ3v) is 4.14. The maximum atomic E-state index is 6.02. The Hall–Kier alpha value is -1.22. The monoisotopic (exact) mass is 246 g/mol. The number of anilines is 2. The van der Waals surface area contributed by atoms with E-state index in [1.54, 1.807) is 0 Å². The smallest absolute Gasteiger partial charge is 0.0576 e. The van der Waals surface area contributed by atoms with Crippen molar-refractivity contribution in [3.05, 3.63) is 23.8 Å². The molecule has 0 radical (unpaired) electrons. The first-order valence-corrected chi connectivity index (χ1v) is 7.08. The van der Waals surface area contributed by atoms with Gasteiger partial charge in [-0.2, -0.15) is 0 Å². The zero-order valence-electron chi connectivity index (χ0n) is 10.9. The zero-order valence-corrected chi connectivity index (χ0v) is 10.9. The van der Waals surface area contributed by atoms with Gasteiger partial charge < -0.3 is 15.4 Å². The topological polar surface area (TPSA) is 38.5 Å². The molecule has 1 fully saturated rings. The number of ether oxygens (including phenoxy) is 1.